The molecule has 1 unspecified atom stereocenters. The normalized spacial score (nSPS) is 18.2. The van der Waals surface area contributed by atoms with Gasteiger partial charge in [-0.25, -0.2) is 4.79 Å². The summed E-state index contributed by atoms with van der Waals surface area (Å²) in [4.78, 5) is 25.9. The van der Waals surface area contributed by atoms with Gasteiger partial charge in [-0.15, -0.1) is 0 Å². The fourth-order valence-corrected chi connectivity index (χ4v) is 5.52. The van der Waals surface area contributed by atoms with Gasteiger partial charge in [0.15, 0.2) is 0 Å². The van der Waals surface area contributed by atoms with Gasteiger partial charge in [0, 0.05) is 28.5 Å². The molecule has 4 rings (SSSR count). The van der Waals surface area contributed by atoms with Crippen molar-refractivity contribution in [1.82, 2.24) is 4.90 Å². The third kappa shape index (κ3) is 4.62. The minimum atomic E-state index is -0.358. The molecule has 1 saturated heterocycles. The number of ether oxygens (including phenoxy) is 3. The zero-order chi connectivity index (χ0) is 24.3. The fraction of sp³-hybridized carbons (Fsp3) is 0.423. The van der Waals surface area contributed by atoms with Gasteiger partial charge >= 0.3 is 12.1 Å². The SMILES string of the molecule is CCOC(=O)Cc1cccc(C#N)c1OC1CC2(CCN(C(=O)OC)CC2)c2ccc(Br)cc21. The lowest BCUT2D eigenvalue weighted by molar-refractivity contribution is -0.142. The van der Waals surface area contributed by atoms with Crippen LogP contribution in [0.2, 0.25) is 0 Å². The van der Waals surface area contributed by atoms with Crippen LogP contribution in [0, 0.1) is 11.3 Å². The van der Waals surface area contributed by atoms with Gasteiger partial charge in [0.05, 0.1) is 25.7 Å². The molecule has 0 aromatic heterocycles. The lowest BCUT2D eigenvalue weighted by atomic mass is 9.74. The van der Waals surface area contributed by atoms with Crippen molar-refractivity contribution in [2.75, 3.05) is 26.8 Å². The van der Waals surface area contributed by atoms with E-state index >= 15 is 0 Å². The maximum Gasteiger partial charge on any atom is 0.409 e. The van der Waals surface area contributed by atoms with E-state index in [9.17, 15) is 14.9 Å². The first-order chi connectivity index (χ1) is 16.4. The van der Waals surface area contributed by atoms with Crippen LogP contribution in [0.5, 0.6) is 5.75 Å². The van der Waals surface area contributed by atoms with Crippen LogP contribution in [0.1, 0.15) is 54.5 Å². The molecule has 1 spiro atoms. The van der Waals surface area contributed by atoms with Crippen LogP contribution in [0.3, 0.4) is 0 Å². The van der Waals surface area contributed by atoms with Crippen molar-refractivity contribution in [3.63, 3.8) is 0 Å². The van der Waals surface area contributed by atoms with Crippen molar-refractivity contribution < 1.29 is 23.8 Å². The van der Waals surface area contributed by atoms with Crippen LogP contribution in [0.15, 0.2) is 40.9 Å². The Morgan fingerprint density at radius 2 is 2.00 bits per heavy atom. The molecule has 7 nitrogen and oxygen atoms in total. The topological polar surface area (TPSA) is 88.9 Å². The van der Waals surface area contributed by atoms with E-state index in [-0.39, 0.29) is 30.0 Å². The number of nitrogens with zero attached hydrogens (tertiary/aromatic N) is 2. The number of carbonyl (C=O) groups excluding carboxylic acids is 2. The second-order valence-corrected chi connectivity index (χ2v) is 9.58. The minimum absolute atomic E-state index is 0.0377. The molecule has 2 aromatic rings. The van der Waals surface area contributed by atoms with E-state index in [1.54, 1.807) is 30.0 Å². The molecule has 2 aliphatic rings. The van der Waals surface area contributed by atoms with E-state index in [1.807, 2.05) is 6.07 Å². The molecule has 1 atom stereocenters. The third-order valence-corrected chi connectivity index (χ3v) is 7.27. The summed E-state index contributed by atoms with van der Waals surface area (Å²) in [6.07, 6.45) is 1.77. The van der Waals surface area contributed by atoms with Crippen LogP contribution in [0.4, 0.5) is 4.79 Å². The van der Waals surface area contributed by atoms with Crippen molar-refractivity contribution in [3.8, 4) is 11.8 Å². The van der Waals surface area contributed by atoms with Crippen LogP contribution in [-0.4, -0.2) is 43.8 Å². The Morgan fingerprint density at radius 1 is 1.24 bits per heavy atom. The lowest BCUT2D eigenvalue weighted by Crippen LogP contribution is -2.44. The molecule has 1 aliphatic heterocycles. The summed E-state index contributed by atoms with van der Waals surface area (Å²) >= 11 is 3.58. The number of hydrogen-bond donors (Lipinski definition) is 0. The molecule has 0 N–H and O–H groups in total. The highest BCUT2D eigenvalue weighted by Gasteiger charge is 2.47. The summed E-state index contributed by atoms with van der Waals surface area (Å²) in [5.74, 6) is 0.0710. The Balaban J connectivity index is 1.66. The molecule has 34 heavy (non-hydrogen) atoms. The first-order valence-corrected chi connectivity index (χ1v) is 12.2. The van der Waals surface area contributed by atoms with Gasteiger partial charge in [-0.3, -0.25) is 4.79 Å². The summed E-state index contributed by atoms with van der Waals surface area (Å²) < 4.78 is 17.5. The van der Waals surface area contributed by atoms with Gasteiger partial charge in [-0.2, -0.15) is 5.26 Å². The molecular formula is C26H27BrN2O5. The zero-order valence-electron chi connectivity index (χ0n) is 19.3. The summed E-state index contributed by atoms with van der Waals surface area (Å²) in [7, 11) is 1.40. The molecule has 1 heterocycles. The quantitative estimate of drug-likeness (QED) is 0.506. The van der Waals surface area contributed by atoms with Crippen molar-refractivity contribution in [1.29, 1.82) is 5.26 Å². The standard InChI is InChI=1S/C26H27BrN2O5/c1-3-33-23(30)13-17-5-4-6-18(16-28)24(17)34-22-15-26(21-8-7-19(27)14-20(21)22)9-11-29(12-10-26)25(31)32-2/h4-8,14,22H,3,9-13,15H2,1-2H3. The summed E-state index contributed by atoms with van der Waals surface area (Å²) in [5.41, 5.74) is 3.17. The van der Waals surface area contributed by atoms with E-state index < -0.39 is 0 Å². The predicted molar refractivity (Wildman–Crippen MR) is 129 cm³/mol. The van der Waals surface area contributed by atoms with E-state index in [4.69, 9.17) is 14.2 Å². The van der Waals surface area contributed by atoms with E-state index in [1.165, 1.54) is 12.7 Å². The number of amides is 1. The molecule has 1 aliphatic carbocycles. The largest absolute Gasteiger partial charge is 0.484 e. The van der Waals surface area contributed by atoms with Crippen LogP contribution in [0.25, 0.3) is 0 Å². The average molecular weight is 527 g/mol. The van der Waals surface area contributed by atoms with Gasteiger partial charge in [-0.1, -0.05) is 34.1 Å². The third-order valence-electron chi connectivity index (χ3n) is 6.78. The number of hydrogen-bond acceptors (Lipinski definition) is 6. The highest BCUT2D eigenvalue weighted by atomic mass is 79.9. The number of carbonyl (C=O) groups is 2. The second-order valence-electron chi connectivity index (χ2n) is 8.67. The predicted octanol–water partition coefficient (Wildman–Crippen LogP) is 5.05. The Hall–Kier alpha value is -3.05. The summed E-state index contributed by atoms with van der Waals surface area (Å²) in [5, 5.41) is 9.74. The zero-order valence-corrected chi connectivity index (χ0v) is 20.9. The smallest absolute Gasteiger partial charge is 0.409 e. The van der Waals surface area contributed by atoms with Crippen LogP contribution >= 0.6 is 15.9 Å². The van der Waals surface area contributed by atoms with Gasteiger partial charge < -0.3 is 19.1 Å². The second kappa shape index (κ2) is 10.1. The van der Waals surface area contributed by atoms with Gasteiger partial charge in [0.1, 0.15) is 17.9 Å². The molecular weight excluding hydrogens is 500 g/mol. The number of rotatable bonds is 5. The maximum atomic E-state index is 12.2. The number of fused-ring (bicyclic) bond motifs is 2. The van der Waals surface area contributed by atoms with Crippen molar-refractivity contribution in [3.05, 3.63) is 63.1 Å². The Bertz CT molecular complexity index is 1130. The average Bonchev–Trinajstić information content (AvgIpc) is 3.12. The molecule has 0 radical (unpaired) electrons. The van der Waals surface area contributed by atoms with Crippen LogP contribution < -0.4 is 4.74 Å². The molecule has 178 valence electrons. The number of methoxy groups -OCH3 is 1. The highest BCUT2D eigenvalue weighted by Crippen LogP contribution is 2.53. The van der Waals surface area contributed by atoms with Gasteiger partial charge in [0.2, 0.25) is 0 Å². The monoisotopic (exact) mass is 526 g/mol. The Morgan fingerprint density at radius 3 is 2.68 bits per heavy atom. The first-order valence-electron chi connectivity index (χ1n) is 11.4. The number of halogens is 1. The number of likely N-dealkylation sites (tertiary alicyclic amines) is 1. The molecule has 0 bridgehead atoms. The van der Waals surface area contributed by atoms with Crippen molar-refractivity contribution >= 4 is 28.0 Å². The van der Waals surface area contributed by atoms with E-state index in [2.05, 4.69) is 34.1 Å². The number of benzene rings is 2. The number of nitriles is 1. The summed E-state index contributed by atoms with van der Waals surface area (Å²) in [6.45, 7) is 3.27. The molecule has 1 fully saturated rings. The van der Waals surface area contributed by atoms with Gasteiger partial charge in [-0.05, 0) is 55.5 Å². The molecule has 2 aromatic carbocycles. The summed E-state index contributed by atoms with van der Waals surface area (Å²) in [6, 6.07) is 13.7. The van der Waals surface area contributed by atoms with Gasteiger partial charge in [0.25, 0.3) is 0 Å². The molecule has 8 heteroatoms. The van der Waals surface area contributed by atoms with E-state index in [0.29, 0.717) is 36.6 Å². The van der Waals surface area contributed by atoms with Crippen LogP contribution in [-0.2, 0) is 26.1 Å². The van der Waals surface area contributed by atoms with Crippen molar-refractivity contribution in [2.24, 2.45) is 0 Å². The molecule has 0 saturated carbocycles. The Kier molecular flexibility index (Phi) is 7.13. The molecule has 1 amide bonds. The Labute approximate surface area is 207 Å². The first kappa shape index (κ1) is 24.1. The van der Waals surface area contributed by atoms with E-state index in [0.717, 1.165) is 29.3 Å². The number of piperidine rings is 1. The lowest BCUT2D eigenvalue weighted by Gasteiger charge is -2.39. The fourth-order valence-electron chi connectivity index (χ4n) is 5.14. The number of esters is 1. The maximum absolute atomic E-state index is 12.2. The van der Waals surface area contributed by atoms with Crippen molar-refractivity contribution in [2.45, 2.75) is 44.1 Å². The highest BCUT2D eigenvalue weighted by molar-refractivity contribution is 9.10. The minimum Gasteiger partial charge on any atom is -0.484 e. The number of para-hydroxylation sites is 1.